The van der Waals surface area contributed by atoms with E-state index in [1.807, 2.05) is 91.0 Å². The van der Waals surface area contributed by atoms with Crippen LogP contribution in [0, 0.1) is 6.92 Å². The molecule has 0 saturated carbocycles. The molecule has 1 aromatic heterocycles. The second-order valence-electron chi connectivity index (χ2n) is 9.55. The molecule has 0 unspecified atom stereocenters. The Kier molecular flexibility index (Phi) is 8.77. The van der Waals surface area contributed by atoms with Gasteiger partial charge in [0.05, 0.1) is 11.9 Å². The highest BCUT2D eigenvalue weighted by Crippen LogP contribution is 2.27. The Morgan fingerprint density at radius 2 is 1.68 bits per heavy atom. The minimum atomic E-state index is -0.286. The predicted molar refractivity (Wildman–Crippen MR) is 167 cm³/mol. The number of ether oxygens (including phenoxy) is 1. The van der Waals surface area contributed by atoms with E-state index in [0.29, 0.717) is 23.6 Å². The van der Waals surface area contributed by atoms with Crippen molar-refractivity contribution in [1.29, 1.82) is 0 Å². The summed E-state index contributed by atoms with van der Waals surface area (Å²) in [5.74, 6) is 0.464. The lowest BCUT2D eigenvalue weighted by Crippen LogP contribution is -2.17. The summed E-state index contributed by atoms with van der Waals surface area (Å²) < 4.78 is 8.22. The number of allylic oxidation sites excluding steroid dienone is 1. The van der Waals surface area contributed by atoms with Crippen LogP contribution < -0.4 is 10.2 Å². The minimum Gasteiger partial charge on any atom is -0.489 e. The van der Waals surface area contributed by atoms with Crippen molar-refractivity contribution in [2.24, 2.45) is 5.10 Å². The van der Waals surface area contributed by atoms with Gasteiger partial charge in [0.2, 0.25) is 0 Å². The number of hydrogen-bond donors (Lipinski definition) is 1. The molecule has 1 N–H and O–H groups in total. The van der Waals surface area contributed by atoms with Crippen LogP contribution in [-0.2, 0) is 13.0 Å². The number of carbonyl (C=O) groups excluding carboxylic acids is 1. The largest absolute Gasteiger partial charge is 0.489 e. The van der Waals surface area contributed by atoms with Crippen molar-refractivity contribution in [2.75, 3.05) is 0 Å². The summed E-state index contributed by atoms with van der Waals surface area (Å²) in [7, 11) is 0. The molecular weight excluding hydrogens is 530 g/mol. The van der Waals surface area contributed by atoms with Crippen molar-refractivity contribution >= 4 is 23.7 Å². The Hall–Kier alpha value is -4.87. The molecule has 0 aliphatic heterocycles. The van der Waals surface area contributed by atoms with E-state index in [4.69, 9.17) is 16.3 Å². The molecule has 1 amide bonds. The van der Waals surface area contributed by atoms with Crippen LogP contribution in [0.5, 0.6) is 5.75 Å². The summed E-state index contributed by atoms with van der Waals surface area (Å²) in [6, 6.07) is 35.3. The van der Waals surface area contributed by atoms with Crippen LogP contribution in [0.3, 0.4) is 0 Å². The van der Waals surface area contributed by atoms with Crippen LogP contribution in [0.15, 0.2) is 127 Å². The van der Waals surface area contributed by atoms with E-state index in [0.717, 1.165) is 45.1 Å². The third-order valence-electron chi connectivity index (χ3n) is 6.70. The Morgan fingerprint density at radius 3 is 2.44 bits per heavy atom. The highest BCUT2D eigenvalue weighted by atomic mass is 35.5. The quantitative estimate of drug-likeness (QED) is 0.107. The van der Waals surface area contributed by atoms with E-state index in [1.165, 1.54) is 0 Å². The average Bonchev–Trinajstić information content (AvgIpc) is 3.39. The first-order chi connectivity index (χ1) is 20.0. The van der Waals surface area contributed by atoms with E-state index in [9.17, 15) is 4.79 Å². The monoisotopic (exact) mass is 559 g/mol. The minimum absolute atomic E-state index is 0.286. The fourth-order valence-corrected chi connectivity index (χ4v) is 4.80. The Balaban J connectivity index is 1.24. The second-order valence-corrected chi connectivity index (χ2v) is 9.95. The Labute approximate surface area is 245 Å². The van der Waals surface area contributed by atoms with Crippen molar-refractivity contribution in [2.45, 2.75) is 20.0 Å². The maximum absolute atomic E-state index is 12.8. The van der Waals surface area contributed by atoms with Gasteiger partial charge in [-0.05, 0) is 90.7 Å². The molecule has 5 aromatic rings. The van der Waals surface area contributed by atoms with Gasteiger partial charge in [-0.25, -0.2) is 5.43 Å². The van der Waals surface area contributed by atoms with Crippen LogP contribution in [0.1, 0.15) is 32.7 Å². The number of nitrogens with zero attached hydrogens (tertiary/aromatic N) is 2. The molecule has 5 rings (SSSR count). The molecule has 5 nitrogen and oxygen atoms in total. The van der Waals surface area contributed by atoms with Gasteiger partial charge >= 0.3 is 0 Å². The van der Waals surface area contributed by atoms with Crippen LogP contribution >= 0.6 is 11.6 Å². The molecule has 0 radical (unpaired) electrons. The molecule has 4 aromatic carbocycles. The van der Waals surface area contributed by atoms with Crippen molar-refractivity contribution < 1.29 is 9.53 Å². The molecule has 0 aliphatic rings. The first-order valence-corrected chi connectivity index (χ1v) is 13.7. The van der Waals surface area contributed by atoms with E-state index in [2.05, 4.69) is 52.9 Å². The summed E-state index contributed by atoms with van der Waals surface area (Å²) in [4.78, 5) is 12.8. The summed E-state index contributed by atoms with van der Waals surface area (Å²) in [6.07, 6.45) is 4.07. The van der Waals surface area contributed by atoms with Gasteiger partial charge in [0, 0.05) is 27.5 Å². The van der Waals surface area contributed by atoms with Gasteiger partial charge in [0.15, 0.2) is 0 Å². The zero-order valence-electron chi connectivity index (χ0n) is 22.8. The van der Waals surface area contributed by atoms with Crippen molar-refractivity contribution in [3.05, 3.63) is 155 Å². The fraction of sp³-hybridized carbons (Fsp3) is 0.0857. The van der Waals surface area contributed by atoms with Gasteiger partial charge < -0.3 is 9.30 Å². The lowest BCUT2D eigenvalue weighted by atomic mass is 10.1. The lowest BCUT2D eigenvalue weighted by Gasteiger charge is -2.13. The molecule has 0 bridgehead atoms. The molecule has 0 atom stereocenters. The summed E-state index contributed by atoms with van der Waals surface area (Å²) in [6.45, 7) is 6.29. The molecule has 0 fully saturated rings. The molecule has 6 heteroatoms. The number of hydrazone groups is 1. The summed E-state index contributed by atoms with van der Waals surface area (Å²) in [5.41, 5.74) is 10.2. The van der Waals surface area contributed by atoms with Crippen molar-refractivity contribution in [1.82, 2.24) is 9.99 Å². The van der Waals surface area contributed by atoms with Crippen molar-refractivity contribution in [3.8, 4) is 22.7 Å². The van der Waals surface area contributed by atoms with E-state index in [1.54, 1.807) is 6.21 Å². The maximum Gasteiger partial charge on any atom is 0.271 e. The number of carbonyl (C=O) groups is 1. The standard InChI is InChI=1S/C35H30ClN3O2/c1-3-9-29-22-26(15-21-34(29)41-24-30-12-7-8-13-32(30)36)23-37-38-35(40)28-16-18-31(19-17-28)39-25(2)14-20-33(39)27-10-5-4-6-11-27/h3-8,10-23H,1,9,24H2,2H3,(H,38,40)/b37-23+. The molecule has 0 spiro atoms. The number of aromatic nitrogens is 1. The van der Waals surface area contributed by atoms with Gasteiger partial charge in [-0.2, -0.15) is 5.10 Å². The number of halogens is 1. The Morgan fingerprint density at radius 1 is 0.927 bits per heavy atom. The number of benzene rings is 4. The topological polar surface area (TPSA) is 55.6 Å². The average molecular weight is 560 g/mol. The number of aryl methyl sites for hydroxylation is 1. The number of hydrogen-bond acceptors (Lipinski definition) is 3. The molecule has 204 valence electrons. The van der Waals surface area contributed by atoms with E-state index >= 15 is 0 Å². The zero-order chi connectivity index (χ0) is 28.6. The fourth-order valence-electron chi connectivity index (χ4n) is 4.61. The van der Waals surface area contributed by atoms with Crippen molar-refractivity contribution in [3.63, 3.8) is 0 Å². The molecular formula is C35H30ClN3O2. The number of nitrogens with one attached hydrogen (secondary N) is 1. The lowest BCUT2D eigenvalue weighted by molar-refractivity contribution is 0.0955. The zero-order valence-corrected chi connectivity index (χ0v) is 23.5. The van der Waals surface area contributed by atoms with E-state index in [-0.39, 0.29) is 5.91 Å². The summed E-state index contributed by atoms with van der Waals surface area (Å²) >= 11 is 6.26. The van der Waals surface area contributed by atoms with Crippen LogP contribution in [-0.4, -0.2) is 16.7 Å². The normalized spacial score (nSPS) is 11.0. The SMILES string of the molecule is C=CCc1cc(/C=N/NC(=O)c2ccc(-n3c(C)ccc3-c3ccccc3)cc2)ccc1OCc1ccccc1Cl. The third-order valence-corrected chi connectivity index (χ3v) is 7.07. The highest BCUT2D eigenvalue weighted by molar-refractivity contribution is 6.31. The summed E-state index contributed by atoms with van der Waals surface area (Å²) in [5, 5.41) is 4.85. The second kappa shape index (κ2) is 13.0. The smallest absolute Gasteiger partial charge is 0.271 e. The van der Waals surface area contributed by atoms with E-state index < -0.39 is 0 Å². The number of amides is 1. The number of rotatable bonds is 10. The molecule has 0 saturated heterocycles. The van der Waals surface area contributed by atoms with Crippen LogP contribution in [0.4, 0.5) is 0 Å². The molecule has 41 heavy (non-hydrogen) atoms. The first-order valence-electron chi connectivity index (χ1n) is 13.3. The first kappa shape index (κ1) is 27.7. The third kappa shape index (κ3) is 6.65. The van der Waals surface area contributed by atoms with Gasteiger partial charge in [0.25, 0.3) is 5.91 Å². The van der Waals surface area contributed by atoms with Gasteiger partial charge in [0.1, 0.15) is 12.4 Å². The Bertz CT molecular complexity index is 1690. The maximum atomic E-state index is 12.8. The van der Waals surface area contributed by atoms with Gasteiger partial charge in [-0.1, -0.05) is 66.2 Å². The molecule has 1 heterocycles. The highest BCUT2D eigenvalue weighted by Gasteiger charge is 2.11. The van der Waals surface area contributed by atoms with Crippen LogP contribution in [0.2, 0.25) is 5.02 Å². The predicted octanol–water partition coefficient (Wildman–Crippen LogP) is 8.18. The molecule has 0 aliphatic carbocycles. The van der Waals surface area contributed by atoms with Crippen LogP contribution in [0.25, 0.3) is 16.9 Å². The van der Waals surface area contributed by atoms with Gasteiger partial charge in [-0.3, -0.25) is 4.79 Å². The van der Waals surface area contributed by atoms with Gasteiger partial charge in [-0.15, -0.1) is 6.58 Å².